The van der Waals surface area contributed by atoms with Crippen molar-refractivity contribution >= 4 is 11.6 Å². The van der Waals surface area contributed by atoms with E-state index in [2.05, 4.69) is 0 Å². The minimum absolute atomic E-state index is 0.0261. The van der Waals surface area contributed by atoms with E-state index in [0.717, 1.165) is 23.8 Å². The number of aliphatic hydroxyl groups excluding tert-OH is 1. The van der Waals surface area contributed by atoms with Crippen LogP contribution in [0.1, 0.15) is 18.4 Å². The second-order valence-corrected chi connectivity index (χ2v) is 4.07. The highest BCUT2D eigenvalue weighted by atomic mass is 35.5. The normalized spacial score (nSPS) is 15.6. The Bertz CT molecular complexity index is 321. The van der Waals surface area contributed by atoms with E-state index in [1.165, 1.54) is 12.8 Å². The van der Waals surface area contributed by atoms with Gasteiger partial charge < -0.3 is 9.84 Å². The number of hydrogen-bond donors (Lipinski definition) is 1. The van der Waals surface area contributed by atoms with Crippen LogP contribution in [0.3, 0.4) is 0 Å². The Balaban J connectivity index is 1.99. The quantitative estimate of drug-likeness (QED) is 0.832. The first-order valence-corrected chi connectivity index (χ1v) is 5.19. The summed E-state index contributed by atoms with van der Waals surface area (Å²) >= 11 is 5.92. The molecule has 1 aromatic carbocycles. The van der Waals surface area contributed by atoms with Crippen LogP contribution in [0.5, 0.6) is 5.75 Å². The summed E-state index contributed by atoms with van der Waals surface area (Å²) in [5, 5.41) is 9.48. The van der Waals surface area contributed by atoms with Gasteiger partial charge in [0, 0.05) is 5.02 Å². The fourth-order valence-electron chi connectivity index (χ4n) is 1.24. The summed E-state index contributed by atoms with van der Waals surface area (Å²) in [7, 11) is 0. The van der Waals surface area contributed by atoms with Gasteiger partial charge in [-0.1, -0.05) is 17.7 Å². The van der Waals surface area contributed by atoms with E-state index in [4.69, 9.17) is 21.4 Å². The Morgan fingerprint density at radius 2 is 2.21 bits per heavy atom. The van der Waals surface area contributed by atoms with Crippen molar-refractivity contribution in [2.24, 2.45) is 5.92 Å². The molecule has 0 aliphatic heterocycles. The fraction of sp³-hybridized carbons (Fsp3) is 0.455. The van der Waals surface area contributed by atoms with E-state index in [9.17, 15) is 0 Å². The molecular formula is C11H13ClO2. The third kappa shape index (κ3) is 2.40. The van der Waals surface area contributed by atoms with Gasteiger partial charge in [0.15, 0.2) is 0 Å². The maximum atomic E-state index is 8.91. The lowest BCUT2D eigenvalue weighted by atomic mass is 10.2. The maximum Gasteiger partial charge on any atom is 0.120 e. The van der Waals surface area contributed by atoms with Crippen LogP contribution in [0.15, 0.2) is 18.2 Å². The van der Waals surface area contributed by atoms with Crippen molar-refractivity contribution < 1.29 is 9.84 Å². The molecule has 0 bridgehead atoms. The van der Waals surface area contributed by atoms with E-state index >= 15 is 0 Å². The highest BCUT2D eigenvalue weighted by Crippen LogP contribution is 2.30. The molecule has 2 nitrogen and oxygen atoms in total. The molecule has 0 aromatic heterocycles. The summed E-state index contributed by atoms with van der Waals surface area (Å²) in [6.45, 7) is 0.760. The van der Waals surface area contributed by atoms with Crippen LogP contribution in [0.2, 0.25) is 5.02 Å². The van der Waals surface area contributed by atoms with Gasteiger partial charge in [-0.05, 0) is 36.5 Å². The average molecular weight is 213 g/mol. The molecule has 3 heteroatoms. The Morgan fingerprint density at radius 3 is 2.79 bits per heavy atom. The number of rotatable bonds is 4. The zero-order valence-electron chi connectivity index (χ0n) is 7.87. The second-order valence-electron chi connectivity index (χ2n) is 3.67. The van der Waals surface area contributed by atoms with E-state index < -0.39 is 0 Å². The SMILES string of the molecule is OCc1ccc(OCC2CC2)cc1Cl. The van der Waals surface area contributed by atoms with Gasteiger partial charge in [-0.2, -0.15) is 0 Å². The van der Waals surface area contributed by atoms with Crippen molar-refractivity contribution in [2.45, 2.75) is 19.4 Å². The van der Waals surface area contributed by atoms with Crippen LogP contribution in [-0.4, -0.2) is 11.7 Å². The highest BCUT2D eigenvalue weighted by molar-refractivity contribution is 6.31. The molecule has 1 aromatic rings. The number of hydrogen-bond acceptors (Lipinski definition) is 2. The largest absolute Gasteiger partial charge is 0.493 e. The zero-order chi connectivity index (χ0) is 9.97. The molecule has 0 heterocycles. The van der Waals surface area contributed by atoms with Crippen LogP contribution in [-0.2, 0) is 6.61 Å². The molecule has 0 saturated heterocycles. The molecule has 1 aliphatic rings. The number of halogens is 1. The predicted molar refractivity (Wildman–Crippen MR) is 55.6 cm³/mol. The maximum absolute atomic E-state index is 8.91. The molecule has 1 saturated carbocycles. The highest BCUT2D eigenvalue weighted by Gasteiger charge is 2.21. The summed E-state index contributed by atoms with van der Waals surface area (Å²) < 4.78 is 5.54. The Labute approximate surface area is 88.5 Å². The van der Waals surface area contributed by atoms with Crippen LogP contribution in [0.4, 0.5) is 0 Å². The minimum Gasteiger partial charge on any atom is -0.493 e. The van der Waals surface area contributed by atoms with E-state index in [0.29, 0.717) is 5.02 Å². The van der Waals surface area contributed by atoms with Gasteiger partial charge in [-0.15, -0.1) is 0 Å². The first-order chi connectivity index (χ1) is 6.79. The lowest BCUT2D eigenvalue weighted by molar-refractivity contribution is 0.280. The lowest BCUT2D eigenvalue weighted by Gasteiger charge is -2.07. The Kier molecular flexibility index (Phi) is 2.94. The number of ether oxygens (including phenoxy) is 1. The Morgan fingerprint density at radius 1 is 1.43 bits per heavy atom. The second kappa shape index (κ2) is 4.20. The zero-order valence-corrected chi connectivity index (χ0v) is 8.63. The first kappa shape index (κ1) is 9.81. The fourth-order valence-corrected chi connectivity index (χ4v) is 1.47. The summed E-state index contributed by atoms with van der Waals surface area (Å²) in [6, 6.07) is 5.40. The van der Waals surface area contributed by atoms with Gasteiger partial charge in [-0.25, -0.2) is 0 Å². The Hall–Kier alpha value is -0.730. The standard InChI is InChI=1S/C11H13ClO2/c12-11-5-10(4-3-9(11)6-13)14-7-8-1-2-8/h3-5,8,13H,1-2,6-7H2. The topological polar surface area (TPSA) is 29.5 Å². The van der Waals surface area contributed by atoms with Crippen LogP contribution >= 0.6 is 11.6 Å². The van der Waals surface area contributed by atoms with Crippen molar-refractivity contribution in [3.8, 4) is 5.75 Å². The van der Waals surface area contributed by atoms with Gasteiger partial charge in [0.2, 0.25) is 0 Å². The molecule has 0 spiro atoms. The third-order valence-electron chi connectivity index (χ3n) is 2.38. The van der Waals surface area contributed by atoms with Crippen molar-refractivity contribution in [3.63, 3.8) is 0 Å². The van der Waals surface area contributed by atoms with Gasteiger partial charge in [0.05, 0.1) is 13.2 Å². The van der Waals surface area contributed by atoms with Crippen molar-refractivity contribution in [2.75, 3.05) is 6.61 Å². The molecule has 0 atom stereocenters. The molecular weight excluding hydrogens is 200 g/mol. The van der Waals surface area contributed by atoms with E-state index in [1.54, 1.807) is 12.1 Å². The summed E-state index contributed by atoms with van der Waals surface area (Å²) in [6.07, 6.45) is 2.56. The molecule has 0 unspecified atom stereocenters. The van der Waals surface area contributed by atoms with E-state index in [-0.39, 0.29) is 6.61 Å². The monoisotopic (exact) mass is 212 g/mol. The molecule has 1 fully saturated rings. The summed E-state index contributed by atoms with van der Waals surface area (Å²) in [5.74, 6) is 1.53. The molecule has 0 radical (unpaired) electrons. The van der Waals surface area contributed by atoms with Crippen LogP contribution in [0.25, 0.3) is 0 Å². The van der Waals surface area contributed by atoms with Crippen LogP contribution in [0, 0.1) is 5.92 Å². The number of aliphatic hydroxyl groups is 1. The number of benzene rings is 1. The molecule has 1 aliphatic carbocycles. The van der Waals surface area contributed by atoms with Crippen LogP contribution < -0.4 is 4.74 Å². The molecule has 0 amide bonds. The molecule has 76 valence electrons. The van der Waals surface area contributed by atoms with E-state index in [1.807, 2.05) is 6.07 Å². The van der Waals surface area contributed by atoms with Gasteiger partial charge in [-0.3, -0.25) is 0 Å². The third-order valence-corrected chi connectivity index (χ3v) is 2.73. The molecule has 2 rings (SSSR count). The lowest BCUT2D eigenvalue weighted by Crippen LogP contribution is -1.99. The van der Waals surface area contributed by atoms with Gasteiger partial charge in [0.1, 0.15) is 5.75 Å². The van der Waals surface area contributed by atoms with Gasteiger partial charge in [0.25, 0.3) is 0 Å². The summed E-state index contributed by atoms with van der Waals surface area (Å²) in [5.41, 5.74) is 0.741. The van der Waals surface area contributed by atoms with Crippen molar-refractivity contribution in [3.05, 3.63) is 28.8 Å². The predicted octanol–water partition coefficient (Wildman–Crippen LogP) is 2.62. The average Bonchev–Trinajstić information content (AvgIpc) is 2.98. The minimum atomic E-state index is -0.0261. The molecule has 1 N–H and O–H groups in total. The van der Waals surface area contributed by atoms with Gasteiger partial charge >= 0.3 is 0 Å². The first-order valence-electron chi connectivity index (χ1n) is 4.81. The van der Waals surface area contributed by atoms with Crippen molar-refractivity contribution in [1.82, 2.24) is 0 Å². The van der Waals surface area contributed by atoms with Crippen molar-refractivity contribution in [1.29, 1.82) is 0 Å². The summed E-state index contributed by atoms with van der Waals surface area (Å²) in [4.78, 5) is 0. The molecule has 14 heavy (non-hydrogen) atoms. The smallest absolute Gasteiger partial charge is 0.120 e.